The Morgan fingerprint density at radius 2 is 2.12 bits per heavy atom. The highest BCUT2D eigenvalue weighted by Crippen LogP contribution is 2.33. The molecule has 126 valence electrons. The van der Waals surface area contributed by atoms with Crippen LogP contribution in [0.4, 0.5) is 0 Å². The van der Waals surface area contributed by atoms with Gasteiger partial charge in [-0.05, 0) is 48.1 Å². The molecule has 5 nitrogen and oxygen atoms in total. The zero-order valence-electron chi connectivity index (χ0n) is 12.4. The Labute approximate surface area is 163 Å². The predicted molar refractivity (Wildman–Crippen MR) is 103 cm³/mol. The van der Waals surface area contributed by atoms with E-state index >= 15 is 0 Å². The quantitative estimate of drug-likeness (QED) is 0.614. The number of carbonyl (C=O) groups excluding carboxylic acids is 2. The average molecular weight is 410 g/mol. The first-order valence-electron chi connectivity index (χ1n) is 6.90. The van der Waals surface area contributed by atoms with Crippen molar-refractivity contribution in [3.05, 3.63) is 68.8 Å². The smallest absolute Gasteiger partial charge is 0.267 e. The molecule has 1 fully saturated rings. The molecule has 1 aliphatic rings. The van der Waals surface area contributed by atoms with Crippen molar-refractivity contribution in [1.29, 1.82) is 0 Å². The second kappa shape index (κ2) is 7.53. The number of aromatic nitrogens is 1. The minimum absolute atomic E-state index is 0.221. The van der Waals surface area contributed by atoms with Gasteiger partial charge in [0.1, 0.15) is 0 Å². The summed E-state index contributed by atoms with van der Waals surface area (Å²) in [6, 6.07) is 8.17. The summed E-state index contributed by atoms with van der Waals surface area (Å²) in [5.74, 6) is -0.909. The Hall–Kier alpha value is -1.93. The van der Waals surface area contributed by atoms with Crippen LogP contribution < -0.4 is 5.43 Å². The largest absolute Gasteiger partial charge is 0.285 e. The van der Waals surface area contributed by atoms with Crippen molar-refractivity contribution in [3.8, 4) is 0 Å². The van der Waals surface area contributed by atoms with Crippen molar-refractivity contribution in [2.75, 3.05) is 0 Å². The molecule has 0 aliphatic carbocycles. The number of carbonyl (C=O) groups is 2. The first-order valence-corrected chi connectivity index (χ1v) is 8.88. The van der Waals surface area contributed by atoms with E-state index < -0.39 is 11.8 Å². The summed E-state index contributed by atoms with van der Waals surface area (Å²) < 4.78 is 0.221. The van der Waals surface area contributed by atoms with E-state index in [1.165, 1.54) is 6.20 Å². The Kier molecular flexibility index (Phi) is 5.39. The first-order chi connectivity index (χ1) is 12.0. The first kappa shape index (κ1) is 17.9. The van der Waals surface area contributed by atoms with Gasteiger partial charge in [-0.25, -0.2) is 0 Å². The number of thioether (sulfide) groups is 1. The van der Waals surface area contributed by atoms with E-state index in [0.29, 0.717) is 26.1 Å². The Bertz CT molecular complexity index is 904. The number of nitrogens with one attached hydrogen (secondary N) is 1. The monoisotopic (exact) mass is 409 g/mol. The third-order valence-corrected chi connectivity index (χ3v) is 5.04. The molecule has 0 saturated carbocycles. The second-order valence-electron chi connectivity index (χ2n) is 4.87. The lowest BCUT2D eigenvalue weighted by molar-refractivity contribution is -0.123. The maximum atomic E-state index is 12.5. The number of amides is 2. The lowest BCUT2D eigenvalue weighted by atomic mass is 10.2. The van der Waals surface area contributed by atoms with Gasteiger partial charge in [0.15, 0.2) is 4.32 Å². The van der Waals surface area contributed by atoms with Crippen LogP contribution >= 0.6 is 47.2 Å². The number of benzene rings is 1. The van der Waals surface area contributed by atoms with Crippen molar-refractivity contribution < 1.29 is 9.59 Å². The Morgan fingerprint density at radius 3 is 2.80 bits per heavy atom. The summed E-state index contributed by atoms with van der Waals surface area (Å²) in [6.07, 6.45) is 4.56. The van der Waals surface area contributed by atoms with Crippen LogP contribution in [0.15, 0.2) is 47.6 Å². The summed E-state index contributed by atoms with van der Waals surface area (Å²) in [5.41, 5.74) is 3.43. The number of thiocarbonyl (C=S) groups is 1. The molecule has 0 atom stereocenters. The average Bonchev–Trinajstić information content (AvgIpc) is 2.85. The van der Waals surface area contributed by atoms with Gasteiger partial charge < -0.3 is 0 Å². The zero-order chi connectivity index (χ0) is 18.0. The Balaban J connectivity index is 1.80. The molecule has 0 unspecified atom stereocenters. The van der Waals surface area contributed by atoms with Crippen molar-refractivity contribution in [3.63, 3.8) is 0 Å². The number of hydrazine groups is 1. The van der Waals surface area contributed by atoms with E-state index in [0.717, 1.165) is 16.8 Å². The fourth-order valence-electron chi connectivity index (χ4n) is 1.99. The van der Waals surface area contributed by atoms with Crippen LogP contribution in [0.2, 0.25) is 10.0 Å². The van der Waals surface area contributed by atoms with Gasteiger partial charge in [0.25, 0.3) is 11.8 Å². The van der Waals surface area contributed by atoms with Crippen LogP contribution in [0.5, 0.6) is 0 Å². The maximum Gasteiger partial charge on any atom is 0.285 e. The summed E-state index contributed by atoms with van der Waals surface area (Å²) >= 11 is 18.2. The SMILES string of the molecule is O=C(NN1C(=O)C(=Cc2ccc(Cl)cc2Cl)SC1=S)c1cccnc1. The third-order valence-electron chi connectivity index (χ3n) is 3.18. The molecular weight excluding hydrogens is 401 g/mol. The van der Waals surface area contributed by atoms with Crippen molar-refractivity contribution in [2.45, 2.75) is 0 Å². The van der Waals surface area contributed by atoms with Gasteiger partial charge in [0.05, 0.1) is 10.5 Å². The number of nitrogens with zero attached hydrogens (tertiary/aromatic N) is 2. The number of hydrogen-bond acceptors (Lipinski definition) is 5. The molecule has 0 bridgehead atoms. The standard InChI is InChI=1S/C16H9Cl2N3O2S2/c17-11-4-3-9(12(18)7-11)6-13-15(23)21(16(24)25-13)20-14(22)10-2-1-5-19-8-10/h1-8H,(H,20,22). The summed E-state index contributed by atoms with van der Waals surface area (Å²) in [5, 5.41) is 1.95. The highest BCUT2D eigenvalue weighted by Gasteiger charge is 2.33. The molecule has 1 N–H and O–H groups in total. The van der Waals surface area contributed by atoms with Gasteiger partial charge >= 0.3 is 0 Å². The van der Waals surface area contributed by atoms with Gasteiger partial charge in [-0.15, -0.1) is 0 Å². The van der Waals surface area contributed by atoms with Gasteiger partial charge in [-0.3, -0.25) is 20.0 Å². The van der Waals surface area contributed by atoms with Crippen LogP contribution in [-0.2, 0) is 4.79 Å². The van der Waals surface area contributed by atoms with Crippen molar-refractivity contribution in [1.82, 2.24) is 15.4 Å². The summed E-state index contributed by atoms with van der Waals surface area (Å²) in [4.78, 5) is 28.9. The molecule has 1 aromatic carbocycles. The molecule has 9 heteroatoms. The maximum absolute atomic E-state index is 12.5. The van der Waals surface area contributed by atoms with E-state index in [1.807, 2.05) is 0 Å². The molecule has 1 aromatic heterocycles. The summed E-state index contributed by atoms with van der Waals surface area (Å²) in [7, 11) is 0. The molecule has 3 rings (SSSR count). The fraction of sp³-hybridized carbons (Fsp3) is 0. The molecule has 1 saturated heterocycles. The number of halogens is 2. The van der Waals surface area contributed by atoms with Crippen LogP contribution in [0, 0.1) is 0 Å². The van der Waals surface area contributed by atoms with Crippen LogP contribution in [0.1, 0.15) is 15.9 Å². The molecule has 2 amide bonds. The number of hydrogen-bond donors (Lipinski definition) is 1. The predicted octanol–water partition coefficient (Wildman–Crippen LogP) is 3.93. The lowest BCUT2D eigenvalue weighted by Gasteiger charge is -2.15. The molecule has 25 heavy (non-hydrogen) atoms. The highest BCUT2D eigenvalue weighted by atomic mass is 35.5. The number of pyridine rings is 1. The number of rotatable bonds is 3. The summed E-state index contributed by atoms with van der Waals surface area (Å²) in [6.45, 7) is 0. The normalized spacial score (nSPS) is 15.8. The fourth-order valence-corrected chi connectivity index (χ4v) is 3.62. The molecular formula is C16H9Cl2N3O2S2. The second-order valence-corrected chi connectivity index (χ2v) is 7.38. The molecule has 2 heterocycles. The van der Waals surface area contributed by atoms with E-state index in [1.54, 1.807) is 42.6 Å². The van der Waals surface area contributed by atoms with Crippen molar-refractivity contribution >= 4 is 69.4 Å². The molecule has 0 spiro atoms. The van der Waals surface area contributed by atoms with Gasteiger partial charge in [-0.1, -0.05) is 41.0 Å². The van der Waals surface area contributed by atoms with Crippen molar-refractivity contribution in [2.24, 2.45) is 0 Å². The van der Waals surface area contributed by atoms with E-state index in [4.69, 9.17) is 35.4 Å². The van der Waals surface area contributed by atoms with E-state index in [2.05, 4.69) is 10.4 Å². The van der Waals surface area contributed by atoms with Gasteiger partial charge in [-0.2, -0.15) is 5.01 Å². The minimum atomic E-state index is -0.477. The Morgan fingerprint density at radius 1 is 1.32 bits per heavy atom. The molecule has 1 aliphatic heterocycles. The third kappa shape index (κ3) is 4.01. The minimum Gasteiger partial charge on any atom is -0.267 e. The van der Waals surface area contributed by atoms with Crippen LogP contribution in [0.25, 0.3) is 6.08 Å². The van der Waals surface area contributed by atoms with Gasteiger partial charge in [0, 0.05) is 22.4 Å². The van der Waals surface area contributed by atoms with Crippen LogP contribution in [0.3, 0.4) is 0 Å². The van der Waals surface area contributed by atoms with Gasteiger partial charge in [0.2, 0.25) is 0 Å². The molecule has 2 aromatic rings. The lowest BCUT2D eigenvalue weighted by Crippen LogP contribution is -2.44. The zero-order valence-corrected chi connectivity index (χ0v) is 15.5. The topological polar surface area (TPSA) is 62.3 Å². The van der Waals surface area contributed by atoms with Crippen LogP contribution in [-0.4, -0.2) is 26.1 Å². The molecule has 0 radical (unpaired) electrons. The highest BCUT2D eigenvalue weighted by molar-refractivity contribution is 8.26. The van der Waals surface area contributed by atoms with E-state index in [-0.39, 0.29) is 4.32 Å². The van der Waals surface area contributed by atoms with E-state index in [9.17, 15) is 9.59 Å².